The van der Waals surface area contributed by atoms with Gasteiger partial charge in [0.05, 0.1) is 5.70 Å². The molecule has 9 unspecified atom stereocenters. The zero-order valence-electron chi connectivity index (χ0n) is 19.2. The van der Waals surface area contributed by atoms with Gasteiger partial charge in [0.25, 0.3) is 11.8 Å². The number of rotatable bonds is 7. The largest absolute Gasteiger partial charge is 0.439 e. The van der Waals surface area contributed by atoms with E-state index in [4.69, 9.17) is 9.47 Å². The van der Waals surface area contributed by atoms with Crippen LogP contribution >= 0.6 is 90.1 Å². The Hall–Kier alpha value is 1.59. The molecular formula is C20H29N2O2P11. The van der Waals surface area contributed by atoms with Crippen LogP contribution in [0.2, 0.25) is 0 Å². The van der Waals surface area contributed by atoms with Crippen molar-refractivity contribution in [2.75, 3.05) is 9.80 Å². The van der Waals surface area contributed by atoms with E-state index < -0.39 is 14.6 Å². The third-order valence-corrected chi connectivity index (χ3v) is 41.7. The molecule has 2 aliphatic heterocycles. The Morgan fingerprint density at radius 3 is 1.71 bits per heavy atom. The highest BCUT2D eigenvalue weighted by molar-refractivity contribution is 8.88. The Morgan fingerprint density at radius 1 is 0.714 bits per heavy atom. The van der Waals surface area contributed by atoms with Crippen LogP contribution in [0, 0.1) is 0 Å². The predicted octanol–water partition coefficient (Wildman–Crippen LogP) is 10.7. The number of hydrogen-bond donors (Lipinski definition) is 0. The van der Waals surface area contributed by atoms with Crippen molar-refractivity contribution in [2.24, 2.45) is 0 Å². The quantitative estimate of drug-likeness (QED) is 0.274. The molecule has 2 aliphatic rings. The van der Waals surface area contributed by atoms with Gasteiger partial charge >= 0.3 is 0 Å². The first kappa shape index (κ1) is 29.6. The molecule has 4 nitrogen and oxygen atoms in total. The zero-order valence-corrected chi connectivity index (χ0v) is 30.7. The molecule has 2 aromatic carbocycles. The molecular weight excluding hydrogens is 641 g/mol. The van der Waals surface area contributed by atoms with Gasteiger partial charge in [-0.15, -0.1) is 44.6 Å². The molecule has 0 fully saturated rings. The number of nitrogens with zero attached hydrogens (tertiary/aromatic N) is 2. The van der Waals surface area contributed by atoms with E-state index in [0.29, 0.717) is 5.88 Å². The van der Waals surface area contributed by atoms with Crippen molar-refractivity contribution in [3.63, 3.8) is 0 Å². The average molecular weight is 670 g/mol. The molecule has 0 aromatic heterocycles. The van der Waals surface area contributed by atoms with Gasteiger partial charge in [-0.3, -0.25) is 9.80 Å². The molecule has 35 heavy (non-hydrogen) atoms. The minimum Gasteiger partial charge on any atom is -0.439 e. The maximum Gasteiger partial charge on any atom is 0.268 e. The standard InChI is InChI=1S/C20H29N2O2P11/c1-13-14(2)23-17(21(13)15-9-5-3-6-10-15)18-22(16-11-7-4-8-12-16)19(33(31-25)35(29)30)20(24-18)32(26)34(27)28/h3-12,31H,25-30H2,1-2H3/b18-17+. The molecule has 15 heteroatoms. The van der Waals surface area contributed by atoms with Crippen molar-refractivity contribution >= 4 is 101 Å². The topological polar surface area (TPSA) is 24.9 Å². The highest BCUT2D eigenvalue weighted by atomic mass is 32.9. The first-order valence-corrected chi connectivity index (χ1v) is 28.9. The Bertz CT molecular complexity index is 1160. The lowest BCUT2D eigenvalue weighted by Crippen LogP contribution is -2.25. The van der Waals surface area contributed by atoms with Gasteiger partial charge in [-0.05, 0) is 52.1 Å². The molecule has 0 spiro atoms. The lowest BCUT2D eigenvalue weighted by atomic mass is 10.2. The van der Waals surface area contributed by atoms with Crippen LogP contribution < -0.4 is 9.80 Å². The van der Waals surface area contributed by atoms with E-state index in [2.05, 4.69) is 125 Å². The van der Waals surface area contributed by atoms with Gasteiger partial charge in [0, 0.05) is 26.0 Å². The van der Waals surface area contributed by atoms with Gasteiger partial charge in [-0.1, -0.05) is 53.3 Å². The fourth-order valence-electron chi connectivity index (χ4n) is 3.61. The van der Waals surface area contributed by atoms with Gasteiger partial charge in [0.1, 0.15) is 11.2 Å². The molecule has 9 atom stereocenters. The minimum atomic E-state index is -0.587. The molecule has 0 amide bonds. The van der Waals surface area contributed by atoms with Crippen molar-refractivity contribution < 1.29 is 9.47 Å². The summed E-state index contributed by atoms with van der Waals surface area (Å²) in [6.45, 7) is 3.39. The Kier molecular flexibility index (Phi) is 11.2. The summed E-state index contributed by atoms with van der Waals surface area (Å²) < 4.78 is 13.4. The van der Waals surface area contributed by atoms with Gasteiger partial charge in [0.2, 0.25) is 0 Å². The van der Waals surface area contributed by atoms with Gasteiger partial charge in [0.15, 0.2) is 5.50 Å². The second-order valence-electron chi connectivity index (χ2n) is 7.47. The Morgan fingerprint density at radius 2 is 1.23 bits per heavy atom. The number of benzene rings is 2. The second kappa shape index (κ2) is 13.3. The summed E-state index contributed by atoms with van der Waals surface area (Å²) in [4.78, 5) is 4.50. The summed E-state index contributed by atoms with van der Waals surface area (Å²) >= 11 is 0. The highest BCUT2D eigenvalue weighted by Crippen LogP contribution is 2.95. The fourth-order valence-corrected chi connectivity index (χ4v) is 31.8. The normalized spacial score (nSPS) is 20.5. The molecule has 2 aromatic rings. The smallest absolute Gasteiger partial charge is 0.268 e. The fraction of sp³-hybridized carbons (Fsp3) is 0.100. The average Bonchev–Trinajstić information content (AvgIpc) is 3.37. The van der Waals surface area contributed by atoms with Crippen LogP contribution in [0.15, 0.2) is 94.8 Å². The monoisotopic (exact) mass is 670 g/mol. The molecule has 0 saturated heterocycles. The zero-order chi connectivity index (χ0) is 25.3. The summed E-state index contributed by atoms with van der Waals surface area (Å²) in [5.41, 5.74) is 5.59. The van der Waals surface area contributed by atoms with Crippen LogP contribution in [0.5, 0.6) is 0 Å². The van der Waals surface area contributed by atoms with E-state index >= 15 is 0 Å². The van der Waals surface area contributed by atoms with E-state index in [1.54, 1.807) is 0 Å². The van der Waals surface area contributed by atoms with E-state index in [0.717, 1.165) is 42.2 Å². The van der Waals surface area contributed by atoms with Crippen molar-refractivity contribution in [2.45, 2.75) is 13.8 Å². The summed E-state index contributed by atoms with van der Waals surface area (Å²) in [5, 5.41) is 0. The highest BCUT2D eigenvalue weighted by Gasteiger charge is 2.44. The molecule has 0 aliphatic carbocycles. The maximum atomic E-state index is 6.92. The third kappa shape index (κ3) is 6.34. The Labute approximate surface area is 228 Å². The summed E-state index contributed by atoms with van der Waals surface area (Å²) in [7, 11) is 17.9. The summed E-state index contributed by atoms with van der Waals surface area (Å²) in [6, 6.07) is 20.9. The number of ether oxygens (including phenoxy) is 2. The molecule has 0 N–H and O–H groups in total. The van der Waals surface area contributed by atoms with Crippen molar-refractivity contribution in [1.82, 2.24) is 0 Å². The van der Waals surface area contributed by atoms with E-state index in [1.165, 1.54) is 5.44 Å². The van der Waals surface area contributed by atoms with Gasteiger partial charge in [-0.2, -0.15) is 0 Å². The molecule has 0 radical (unpaired) electrons. The molecule has 4 rings (SSSR count). The van der Waals surface area contributed by atoms with Crippen LogP contribution in [0.4, 0.5) is 11.4 Å². The van der Waals surface area contributed by atoms with Gasteiger partial charge in [-0.25, -0.2) is 0 Å². The molecule has 0 bridgehead atoms. The first-order chi connectivity index (χ1) is 16.8. The van der Waals surface area contributed by atoms with Crippen molar-refractivity contribution in [3.8, 4) is 0 Å². The summed E-state index contributed by atoms with van der Waals surface area (Å²) in [5.74, 6) is 2.34. The van der Waals surface area contributed by atoms with Crippen molar-refractivity contribution in [3.05, 3.63) is 94.8 Å². The maximum absolute atomic E-state index is 6.92. The number of anilines is 2. The van der Waals surface area contributed by atoms with Crippen LogP contribution in [0.1, 0.15) is 13.8 Å². The number of para-hydroxylation sites is 2. The van der Waals surface area contributed by atoms with E-state index in [9.17, 15) is 0 Å². The lowest BCUT2D eigenvalue weighted by molar-refractivity contribution is 0.266. The Balaban J connectivity index is 1.98. The van der Waals surface area contributed by atoms with E-state index in [-0.39, 0.29) is 14.0 Å². The molecule has 186 valence electrons. The molecule has 0 saturated carbocycles. The lowest BCUT2D eigenvalue weighted by Gasteiger charge is -2.30. The van der Waals surface area contributed by atoms with Crippen molar-refractivity contribution in [1.29, 1.82) is 0 Å². The SMILES string of the molecule is CC1=C(C)N(c2ccccc2)/C(=C2\OC(P(P)P(P)P)=C(P(PP)P(P)P)N2c2ccccc2)O1. The predicted molar refractivity (Wildman–Crippen MR) is 187 cm³/mol. The van der Waals surface area contributed by atoms with Gasteiger partial charge < -0.3 is 9.47 Å². The minimum absolute atomic E-state index is 0.349. The van der Waals surface area contributed by atoms with Crippen LogP contribution in [0.3, 0.4) is 0 Å². The third-order valence-electron chi connectivity index (χ3n) is 5.32. The number of hydrogen-bond acceptors (Lipinski definition) is 4. The van der Waals surface area contributed by atoms with E-state index in [1.807, 2.05) is 13.0 Å². The van der Waals surface area contributed by atoms with Crippen LogP contribution in [-0.2, 0) is 9.47 Å². The van der Waals surface area contributed by atoms with Crippen LogP contribution in [-0.4, -0.2) is 0 Å². The second-order valence-corrected chi connectivity index (χ2v) is 40.5. The summed E-state index contributed by atoms with van der Waals surface area (Å²) in [6.07, 6.45) is 0. The van der Waals surface area contributed by atoms with Crippen LogP contribution in [0.25, 0.3) is 0 Å². The first-order valence-electron chi connectivity index (χ1n) is 10.4. The molecule has 2 heterocycles. The number of allylic oxidation sites excluding steroid dienone is 2.